The number of carbonyl (C=O) groups excluding carboxylic acids is 1. The molecule has 0 atom stereocenters. The number of H-pyrrole nitrogens is 2. The average molecular weight is 569 g/mol. The molecule has 0 aliphatic carbocycles. The third-order valence-corrected chi connectivity index (χ3v) is 5.89. The Hall–Kier alpha value is -5.27. The maximum Gasteiger partial charge on any atom is 0.251 e. The van der Waals surface area contributed by atoms with Crippen LogP contribution in [0.3, 0.4) is 0 Å². The van der Waals surface area contributed by atoms with Gasteiger partial charge in [0.05, 0.1) is 26.4 Å². The number of nitrogens with zero attached hydrogens (tertiary/aromatic N) is 4. The molecule has 0 saturated heterocycles. The third-order valence-electron chi connectivity index (χ3n) is 5.89. The fraction of sp³-hybridized carbons (Fsp3) is 0.207. The van der Waals surface area contributed by atoms with Gasteiger partial charge in [-0.1, -0.05) is 36.4 Å². The molecule has 0 radical (unpaired) electrons. The van der Waals surface area contributed by atoms with Gasteiger partial charge in [0.25, 0.3) is 5.91 Å². The molecule has 0 aliphatic heterocycles. The molecule has 2 heterocycles. The summed E-state index contributed by atoms with van der Waals surface area (Å²) in [6.45, 7) is 2.59. The van der Waals surface area contributed by atoms with Crippen molar-refractivity contribution in [2.24, 2.45) is 0 Å². The Morgan fingerprint density at radius 1 is 0.667 bits per heavy atom. The van der Waals surface area contributed by atoms with E-state index in [0.29, 0.717) is 62.9 Å². The lowest BCUT2D eigenvalue weighted by atomic mass is 10.2. The molecular weight excluding hydrogens is 536 g/mol. The summed E-state index contributed by atoms with van der Waals surface area (Å²) in [5, 5.41) is 22.1. The van der Waals surface area contributed by atoms with Crippen molar-refractivity contribution in [1.82, 2.24) is 35.7 Å². The monoisotopic (exact) mass is 568 g/mol. The number of nitrogens with one attached hydrogen (secondary N) is 6. The van der Waals surface area contributed by atoms with Gasteiger partial charge < -0.3 is 30.7 Å². The van der Waals surface area contributed by atoms with Crippen molar-refractivity contribution in [2.45, 2.75) is 0 Å². The molecule has 0 spiro atoms. The average Bonchev–Trinajstić information content (AvgIpc) is 2.99. The molecule has 42 heavy (non-hydrogen) atoms. The van der Waals surface area contributed by atoms with Gasteiger partial charge in [-0.3, -0.25) is 9.89 Å². The molecule has 5 aromatic rings. The van der Waals surface area contributed by atoms with Gasteiger partial charge in [-0.05, 0) is 48.5 Å². The molecule has 0 saturated carbocycles. The van der Waals surface area contributed by atoms with E-state index in [1.165, 1.54) is 0 Å². The lowest BCUT2D eigenvalue weighted by molar-refractivity contribution is 0.0519. The van der Waals surface area contributed by atoms with E-state index in [-0.39, 0.29) is 5.91 Å². The normalized spacial score (nSPS) is 10.8. The fourth-order valence-electron chi connectivity index (χ4n) is 3.79. The quantitative estimate of drug-likeness (QED) is 0.0959. The second-order valence-electron chi connectivity index (χ2n) is 8.97. The number of aromatic nitrogens is 6. The maximum absolute atomic E-state index is 12.0. The summed E-state index contributed by atoms with van der Waals surface area (Å²) in [6, 6.07) is 26.5. The first-order valence-corrected chi connectivity index (χ1v) is 13.5. The lowest BCUT2D eigenvalue weighted by Crippen LogP contribution is -2.27. The molecule has 0 fully saturated rings. The number of hydrogen-bond acceptors (Lipinski definition) is 10. The molecule has 2 aromatic heterocycles. The second kappa shape index (κ2) is 14.9. The van der Waals surface area contributed by atoms with E-state index in [2.05, 4.69) is 51.6 Å². The fourth-order valence-corrected chi connectivity index (χ4v) is 3.79. The van der Waals surface area contributed by atoms with E-state index in [1.807, 2.05) is 72.8 Å². The first-order chi connectivity index (χ1) is 20.7. The number of hydrogen-bond donors (Lipinski definition) is 6. The van der Waals surface area contributed by atoms with Crippen molar-refractivity contribution in [3.63, 3.8) is 0 Å². The zero-order chi connectivity index (χ0) is 28.8. The van der Waals surface area contributed by atoms with Crippen molar-refractivity contribution in [1.29, 1.82) is 0 Å². The minimum Gasteiger partial charge on any atom is -0.377 e. The molecule has 5 rings (SSSR count). The summed E-state index contributed by atoms with van der Waals surface area (Å²) in [6.07, 6.45) is 0. The van der Waals surface area contributed by atoms with E-state index < -0.39 is 0 Å². The molecule has 6 N–H and O–H groups in total. The Morgan fingerprint density at radius 2 is 1.24 bits per heavy atom. The zero-order valence-corrected chi connectivity index (χ0v) is 22.8. The molecule has 0 unspecified atom stereocenters. The number of carbonyl (C=O) groups is 1. The molecule has 0 aliphatic rings. The summed E-state index contributed by atoms with van der Waals surface area (Å²) < 4.78 is 11.2. The number of anilines is 5. The molecule has 13 heteroatoms. The van der Waals surface area contributed by atoms with E-state index in [1.54, 1.807) is 12.1 Å². The van der Waals surface area contributed by atoms with E-state index in [0.717, 1.165) is 22.8 Å². The summed E-state index contributed by atoms with van der Waals surface area (Å²) in [4.78, 5) is 25.6. The zero-order valence-electron chi connectivity index (χ0n) is 22.8. The number of para-hydroxylation sites is 1. The Labute approximate surface area is 242 Å². The van der Waals surface area contributed by atoms with Crippen molar-refractivity contribution in [3.05, 3.63) is 90.5 Å². The number of ether oxygens (including phenoxy) is 2. The Balaban J connectivity index is 1.06. The van der Waals surface area contributed by atoms with Crippen LogP contribution in [-0.4, -0.2) is 75.8 Å². The van der Waals surface area contributed by atoms with Crippen LogP contribution in [0.1, 0.15) is 10.4 Å². The van der Waals surface area contributed by atoms with Gasteiger partial charge >= 0.3 is 0 Å². The highest BCUT2D eigenvalue weighted by Gasteiger charge is 2.09. The van der Waals surface area contributed by atoms with Crippen LogP contribution < -0.4 is 21.3 Å². The van der Waals surface area contributed by atoms with Crippen LogP contribution in [0.25, 0.3) is 11.4 Å². The Morgan fingerprint density at radius 3 is 1.86 bits per heavy atom. The summed E-state index contributed by atoms with van der Waals surface area (Å²) in [5.74, 6) is 1.84. The number of aromatic amines is 2. The van der Waals surface area contributed by atoms with Crippen molar-refractivity contribution in [3.8, 4) is 11.4 Å². The minimum absolute atomic E-state index is 0.118. The number of amides is 1. The third kappa shape index (κ3) is 8.61. The predicted molar refractivity (Wildman–Crippen MR) is 160 cm³/mol. The Bertz CT molecular complexity index is 1500. The van der Waals surface area contributed by atoms with Crippen LogP contribution in [0.15, 0.2) is 84.9 Å². The molecule has 3 aromatic carbocycles. The van der Waals surface area contributed by atoms with Gasteiger partial charge in [-0.25, -0.2) is 5.21 Å². The van der Waals surface area contributed by atoms with Crippen LogP contribution in [0.2, 0.25) is 0 Å². The molecule has 1 amide bonds. The van der Waals surface area contributed by atoms with Crippen LogP contribution in [0.4, 0.5) is 29.2 Å². The highest BCUT2D eigenvalue weighted by Crippen LogP contribution is 2.21. The molecular formula is C29H32N10O3. The molecule has 216 valence electrons. The smallest absolute Gasteiger partial charge is 0.251 e. The largest absolute Gasteiger partial charge is 0.377 e. The van der Waals surface area contributed by atoms with Gasteiger partial charge in [-0.15, -0.1) is 5.10 Å². The summed E-state index contributed by atoms with van der Waals surface area (Å²) >= 11 is 0. The van der Waals surface area contributed by atoms with Crippen LogP contribution in [-0.2, 0) is 9.47 Å². The first-order valence-electron chi connectivity index (χ1n) is 13.5. The number of benzene rings is 3. The second-order valence-corrected chi connectivity index (χ2v) is 8.97. The van der Waals surface area contributed by atoms with Gasteiger partial charge in [0.1, 0.15) is 0 Å². The minimum atomic E-state index is -0.118. The maximum atomic E-state index is 12.0. The van der Waals surface area contributed by atoms with Crippen LogP contribution in [0.5, 0.6) is 0 Å². The molecule has 0 bridgehead atoms. The number of rotatable bonds is 16. The predicted octanol–water partition coefficient (Wildman–Crippen LogP) is 3.95. The van der Waals surface area contributed by atoms with E-state index in [4.69, 9.17) is 9.47 Å². The Kier molecular flexibility index (Phi) is 10.0. The molecule has 13 nitrogen and oxygen atoms in total. The SMILES string of the molecule is O=C(NCCOCCOCCNc1nc(Nc2ccccc2)nc(Nc2ccc(-c3n[nH][nH]3)cc2)n1)c1ccccc1. The van der Waals surface area contributed by atoms with Crippen molar-refractivity contribution >= 4 is 35.1 Å². The van der Waals surface area contributed by atoms with E-state index in [9.17, 15) is 4.79 Å². The topological polar surface area (TPSA) is 167 Å². The van der Waals surface area contributed by atoms with E-state index >= 15 is 0 Å². The highest BCUT2D eigenvalue weighted by atomic mass is 16.5. The van der Waals surface area contributed by atoms with Crippen LogP contribution >= 0.6 is 0 Å². The van der Waals surface area contributed by atoms with Crippen molar-refractivity contribution in [2.75, 3.05) is 55.5 Å². The van der Waals surface area contributed by atoms with Crippen LogP contribution in [0, 0.1) is 0 Å². The van der Waals surface area contributed by atoms with Gasteiger partial charge in [0.2, 0.25) is 17.8 Å². The summed E-state index contributed by atoms with van der Waals surface area (Å²) in [5.41, 5.74) is 3.26. The highest BCUT2D eigenvalue weighted by molar-refractivity contribution is 5.94. The lowest BCUT2D eigenvalue weighted by Gasteiger charge is -2.12. The first kappa shape index (κ1) is 28.3. The van der Waals surface area contributed by atoms with Gasteiger partial charge in [0.15, 0.2) is 5.82 Å². The van der Waals surface area contributed by atoms with Crippen molar-refractivity contribution < 1.29 is 14.3 Å². The standard InChI is InChI=1S/C29H32N10O3/c40-26(22-7-3-1-4-8-22)30-15-17-41-19-20-42-18-16-31-27-34-28(32-23-9-5-2-6-10-23)36-29(35-27)33-24-13-11-21(12-14-24)25-37-39-38-25/h1-14,39H,15-20H2,(H,30,40)(H,37,38)(H3,31,32,33,34,35,36). The summed E-state index contributed by atoms with van der Waals surface area (Å²) in [7, 11) is 0. The van der Waals surface area contributed by atoms with Gasteiger partial charge in [0, 0.05) is 35.6 Å². The van der Waals surface area contributed by atoms with Gasteiger partial charge in [-0.2, -0.15) is 15.0 Å².